The van der Waals surface area contributed by atoms with Crippen LogP contribution in [-0.4, -0.2) is 64.6 Å². The summed E-state index contributed by atoms with van der Waals surface area (Å²) in [4.78, 5) is 38.9. The molecule has 1 unspecified atom stereocenters. The molecule has 5 atom stereocenters. The molecule has 0 bridgehead atoms. The summed E-state index contributed by atoms with van der Waals surface area (Å²) in [5.41, 5.74) is 0.108. The molecule has 2 saturated heterocycles. The van der Waals surface area contributed by atoms with E-state index in [4.69, 9.17) is 18.9 Å². The molecule has 3 aliphatic rings. The molecule has 1 N–H and O–H groups in total. The lowest BCUT2D eigenvalue weighted by molar-refractivity contribution is -0.171. The zero-order valence-electron chi connectivity index (χ0n) is 16.2. The van der Waals surface area contributed by atoms with E-state index in [1.54, 1.807) is 20.8 Å². The van der Waals surface area contributed by atoms with Gasteiger partial charge in [0.2, 0.25) is 12.2 Å². The largest absolute Gasteiger partial charge is 0.511 e. The predicted octanol–water partition coefficient (Wildman–Crippen LogP) is 1.74. The van der Waals surface area contributed by atoms with Crippen LogP contribution < -0.4 is 0 Å². The minimum atomic E-state index is -1.19. The van der Waals surface area contributed by atoms with Gasteiger partial charge in [-0.05, 0) is 33.6 Å². The standard InChI is InChI=1S/C18H25NO8S/c1-8(2)25-18(23)27-10(4)26-17(22)13-14(11-6-5-7-24-11)28-16-12(9(3)20)15(21)19(13)16/h8-12,16,20H,5-7H2,1-4H3/t9-,10?,11-,12+,16-/m1/s1. The third kappa shape index (κ3) is 3.99. The van der Waals surface area contributed by atoms with Gasteiger partial charge in [-0.15, -0.1) is 0 Å². The lowest BCUT2D eigenvalue weighted by Gasteiger charge is -2.43. The topological polar surface area (TPSA) is 112 Å². The normalized spacial score (nSPS) is 28.7. The number of hydrogen-bond donors (Lipinski definition) is 1. The number of aliphatic hydroxyl groups excluding tert-OH is 1. The SMILES string of the molecule is CC(C)OC(=O)OC(C)OC(=O)C1=C([C@H]2CCCO2)S[C@@H]2[C@@H]([C@@H](C)O)C(=O)N12. The van der Waals surface area contributed by atoms with Gasteiger partial charge >= 0.3 is 12.1 Å². The van der Waals surface area contributed by atoms with Gasteiger partial charge in [0.1, 0.15) is 11.1 Å². The summed E-state index contributed by atoms with van der Waals surface area (Å²) in [5, 5.41) is 9.52. The Bertz CT molecular complexity index is 685. The highest BCUT2D eigenvalue weighted by Gasteiger charge is 2.59. The molecule has 2 fully saturated rings. The second-order valence-electron chi connectivity index (χ2n) is 7.20. The van der Waals surface area contributed by atoms with Crippen LogP contribution in [0.3, 0.4) is 0 Å². The maximum Gasteiger partial charge on any atom is 0.511 e. The summed E-state index contributed by atoms with van der Waals surface area (Å²) < 4.78 is 20.7. The molecule has 9 nitrogen and oxygen atoms in total. The summed E-state index contributed by atoms with van der Waals surface area (Å²) >= 11 is 1.35. The monoisotopic (exact) mass is 415 g/mol. The fraction of sp³-hybridized carbons (Fsp3) is 0.722. The van der Waals surface area contributed by atoms with E-state index in [1.807, 2.05) is 0 Å². The number of fused-ring (bicyclic) bond motifs is 1. The van der Waals surface area contributed by atoms with E-state index in [-0.39, 0.29) is 29.2 Å². The van der Waals surface area contributed by atoms with Crippen molar-refractivity contribution in [3.05, 3.63) is 10.6 Å². The van der Waals surface area contributed by atoms with Gasteiger partial charge in [0.05, 0.1) is 24.2 Å². The van der Waals surface area contributed by atoms with Crippen molar-refractivity contribution in [3.8, 4) is 0 Å². The number of nitrogens with zero attached hydrogens (tertiary/aromatic N) is 1. The number of β-lactam (4-membered cyclic amide) rings is 1. The van der Waals surface area contributed by atoms with E-state index in [0.717, 1.165) is 12.8 Å². The van der Waals surface area contributed by atoms with E-state index < -0.39 is 30.4 Å². The van der Waals surface area contributed by atoms with E-state index in [9.17, 15) is 19.5 Å². The average molecular weight is 415 g/mol. The van der Waals surface area contributed by atoms with Crippen LogP contribution in [0.15, 0.2) is 10.6 Å². The fourth-order valence-corrected chi connectivity index (χ4v) is 5.09. The first-order valence-corrected chi connectivity index (χ1v) is 10.2. The predicted molar refractivity (Wildman–Crippen MR) is 97.7 cm³/mol. The van der Waals surface area contributed by atoms with Crippen LogP contribution in [0.2, 0.25) is 0 Å². The second-order valence-corrected chi connectivity index (χ2v) is 8.36. The number of carbonyl (C=O) groups is 3. The van der Waals surface area contributed by atoms with Crippen molar-refractivity contribution < 1.29 is 38.4 Å². The van der Waals surface area contributed by atoms with Crippen LogP contribution in [0.4, 0.5) is 4.79 Å². The maximum atomic E-state index is 12.8. The fourth-order valence-electron chi connectivity index (χ4n) is 3.40. The minimum Gasteiger partial charge on any atom is -0.431 e. The highest BCUT2D eigenvalue weighted by Crippen LogP contribution is 2.52. The Kier molecular flexibility index (Phi) is 6.21. The molecular formula is C18H25NO8S. The van der Waals surface area contributed by atoms with E-state index in [1.165, 1.54) is 23.6 Å². The van der Waals surface area contributed by atoms with Gasteiger partial charge in [0.25, 0.3) is 0 Å². The smallest absolute Gasteiger partial charge is 0.431 e. The van der Waals surface area contributed by atoms with Crippen molar-refractivity contribution in [2.45, 2.75) is 70.5 Å². The van der Waals surface area contributed by atoms with Crippen LogP contribution >= 0.6 is 11.8 Å². The van der Waals surface area contributed by atoms with E-state index in [0.29, 0.717) is 11.5 Å². The Balaban J connectivity index is 1.74. The Hall–Kier alpha value is -1.78. The summed E-state index contributed by atoms with van der Waals surface area (Å²) in [7, 11) is 0. The first kappa shape index (κ1) is 20.9. The van der Waals surface area contributed by atoms with Crippen molar-refractivity contribution in [2.24, 2.45) is 5.92 Å². The summed E-state index contributed by atoms with van der Waals surface area (Å²) in [6.45, 7) is 6.86. The van der Waals surface area contributed by atoms with Gasteiger partial charge in [-0.1, -0.05) is 11.8 Å². The lowest BCUT2D eigenvalue weighted by Crippen LogP contribution is -2.60. The van der Waals surface area contributed by atoms with Gasteiger partial charge < -0.3 is 24.1 Å². The highest BCUT2D eigenvalue weighted by molar-refractivity contribution is 8.04. The van der Waals surface area contributed by atoms with Crippen molar-refractivity contribution in [1.82, 2.24) is 4.90 Å². The second kappa shape index (κ2) is 8.30. The first-order chi connectivity index (χ1) is 13.2. The number of hydrogen-bond acceptors (Lipinski definition) is 9. The van der Waals surface area contributed by atoms with Crippen molar-refractivity contribution >= 4 is 29.8 Å². The lowest BCUT2D eigenvalue weighted by atomic mass is 9.92. The molecule has 0 aromatic rings. The Morgan fingerprint density at radius 3 is 2.50 bits per heavy atom. The molecule has 3 heterocycles. The molecule has 0 radical (unpaired) electrons. The van der Waals surface area contributed by atoms with Gasteiger partial charge in [0, 0.05) is 18.4 Å². The molecule has 0 aromatic carbocycles. The maximum absolute atomic E-state index is 12.8. The number of rotatable bonds is 6. The molecule has 10 heteroatoms. The minimum absolute atomic E-state index is 0.108. The Labute approximate surface area is 167 Å². The van der Waals surface area contributed by atoms with Gasteiger partial charge in [-0.2, -0.15) is 0 Å². The Morgan fingerprint density at radius 1 is 1.21 bits per heavy atom. The van der Waals surface area contributed by atoms with Gasteiger partial charge in [-0.25, -0.2) is 9.59 Å². The Morgan fingerprint density at radius 2 is 1.93 bits per heavy atom. The van der Waals surface area contributed by atoms with Crippen LogP contribution in [0.1, 0.15) is 40.5 Å². The molecule has 0 aromatic heterocycles. The number of amides is 1. The molecule has 3 rings (SSSR count). The first-order valence-electron chi connectivity index (χ1n) is 9.32. The highest BCUT2D eigenvalue weighted by atomic mass is 32.2. The average Bonchev–Trinajstić information content (AvgIpc) is 3.18. The van der Waals surface area contributed by atoms with Crippen LogP contribution in [-0.2, 0) is 28.5 Å². The van der Waals surface area contributed by atoms with Crippen molar-refractivity contribution in [2.75, 3.05) is 6.61 Å². The molecule has 3 aliphatic heterocycles. The van der Waals surface area contributed by atoms with Crippen LogP contribution in [0.25, 0.3) is 0 Å². The zero-order chi connectivity index (χ0) is 20.6. The third-order valence-electron chi connectivity index (χ3n) is 4.61. The number of aliphatic hydroxyl groups is 1. The summed E-state index contributed by atoms with van der Waals surface area (Å²) in [5.74, 6) is -1.69. The van der Waals surface area contributed by atoms with Gasteiger partial charge in [0.15, 0.2) is 0 Å². The van der Waals surface area contributed by atoms with Crippen LogP contribution in [0.5, 0.6) is 0 Å². The number of carbonyl (C=O) groups excluding carboxylic acids is 3. The third-order valence-corrected chi connectivity index (χ3v) is 6.06. The van der Waals surface area contributed by atoms with Gasteiger partial charge in [-0.3, -0.25) is 9.69 Å². The molecule has 156 valence electrons. The molecule has 1 amide bonds. The molecule has 28 heavy (non-hydrogen) atoms. The number of esters is 1. The van der Waals surface area contributed by atoms with Crippen LogP contribution in [0, 0.1) is 5.92 Å². The summed E-state index contributed by atoms with van der Waals surface area (Å²) in [6, 6.07) is 0. The molecule has 0 saturated carbocycles. The zero-order valence-corrected chi connectivity index (χ0v) is 17.1. The molecule has 0 spiro atoms. The van der Waals surface area contributed by atoms with E-state index in [2.05, 4.69) is 0 Å². The van der Waals surface area contributed by atoms with E-state index >= 15 is 0 Å². The molecular weight excluding hydrogens is 390 g/mol. The quantitative estimate of drug-likeness (QED) is 0.394. The summed E-state index contributed by atoms with van der Waals surface area (Å²) in [6.07, 6.45) is -2.03. The molecule has 0 aliphatic carbocycles. The van der Waals surface area contributed by atoms with Crippen molar-refractivity contribution in [3.63, 3.8) is 0 Å². The van der Waals surface area contributed by atoms with Crippen molar-refractivity contribution in [1.29, 1.82) is 0 Å². The number of thioether (sulfide) groups is 1. The number of ether oxygens (including phenoxy) is 4.